The molecule has 0 bridgehead atoms. The van der Waals surface area contributed by atoms with Crippen LogP contribution in [-0.4, -0.2) is 33.4 Å². The van der Waals surface area contributed by atoms with Gasteiger partial charge in [-0.05, 0) is 18.2 Å². The van der Waals surface area contributed by atoms with Crippen LogP contribution in [0.1, 0.15) is 10.4 Å². The number of nitro benzene ring substituents is 1. The maximum Gasteiger partial charge on any atom is 0.339 e. The number of carbonyl (C=O) groups excluding carboxylic acids is 1. The number of hydrogen-bond donors (Lipinski definition) is 0. The highest BCUT2D eigenvalue weighted by Crippen LogP contribution is 2.22. The van der Waals surface area contributed by atoms with Crippen molar-refractivity contribution in [2.75, 3.05) is 12.4 Å². The van der Waals surface area contributed by atoms with E-state index in [2.05, 4.69) is 22.0 Å². The fourth-order valence-corrected chi connectivity index (χ4v) is 2.63. The summed E-state index contributed by atoms with van der Waals surface area (Å²) in [5, 5.41) is 19.0. The Balaban J connectivity index is 1.45. The molecule has 0 aliphatic carbocycles. The van der Waals surface area contributed by atoms with E-state index < -0.39 is 10.9 Å². The average molecular weight is 395 g/mol. The van der Waals surface area contributed by atoms with Gasteiger partial charge in [-0.1, -0.05) is 47.9 Å². The molecule has 1 heterocycles. The van der Waals surface area contributed by atoms with Gasteiger partial charge in [-0.25, -0.2) is 4.79 Å². The standard InChI is InChI=1S/C19H13N3O5S/c23-18(15-9-6-10-16(13-15)22(24)25)26-11-4-5-12-28-19-21-20-17(27-19)14-7-2-1-3-8-14/h1-3,6-10,13H,11-12H2. The molecule has 0 amide bonds. The number of carbonyl (C=O) groups is 1. The number of rotatable bonds is 6. The highest BCUT2D eigenvalue weighted by Gasteiger charge is 2.12. The molecule has 28 heavy (non-hydrogen) atoms. The molecule has 0 unspecified atom stereocenters. The number of non-ortho nitro benzene ring substituents is 1. The van der Waals surface area contributed by atoms with Gasteiger partial charge in [-0.3, -0.25) is 10.1 Å². The Labute approximate surface area is 164 Å². The molecule has 0 aliphatic heterocycles. The molecule has 0 radical (unpaired) electrons. The van der Waals surface area contributed by atoms with E-state index in [1.54, 1.807) is 0 Å². The molecule has 0 fully saturated rings. The highest BCUT2D eigenvalue weighted by atomic mass is 32.2. The van der Waals surface area contributed by atoms with Crippen LogP contribution in [0.3, 0.4) is 0 Å². The third kappa shape index (κ3) is 5.18. The lowest BCUT2D eigenvalue weighted by Crippen LogP contribution is -2.05. The zero-order valence-corrected chi connectivity index (χ0v) is 15.2. The van der Waals surface area contributed by atoms with Gasteiger partial charge in [-0.2, -0.15) is 0 Å². The van der Waals surface area contributed by atoms with E-state index in [1.807, 2.05) is 30.3 Å². The van der Waals surface area contributed by atoms with E-state index in [9.17, 15) is 14.9 Å². The van der Waals surface area contributed by atoms with Crippen LogP contribution in [0.15, 0.2) is 64.2 Å². The molecule has 3 aromatic rings. The van der Waals surface area contributed by atoms with Gasteiger partial charge in [0, 0.05) is 17.7 Å². The zero-order valence-electron chi connectivity index (χ0n) is 14.4. The normalized spacial score (nSPS) is 10.0. The maximum absolute atomic E-state index is 11.9. The van der Waals surface area contributed by atoms with E-state index in [0.29, 0.717) is 16.9 Å². The fourth-order valence-electron chi connectivity index (χ4n) is 2.10. The number of esters is 1. The van der Waals surface area contributed by atoms with E-state index in [-0.39, 0.29) is 17.9 Å². The lowest BCUT2D eigenvalue weighted by molar-refractivity contribution is -0.384. The third-order valence-corrected chi connectivity index (χ3v) is 4.09. The smallest absolute Gasteiger partial charge is 0.339 e. The predicted octanol–water partition coefficient (Wildman–Crippen LogP) is 3.60. The Morgan fingerprint density at radius 3 is 2.75 bits per heavy atom. The molecular weight excluding hydrogens is 382 g/mol. The SMILES string of the molecule is O=C(OCC#CCSc1nnc(-c2ccccc2)o1)c1cccc([N+](=O)[O-])c1. The molecule has 9 heteroatoms. The number of nitro groups is 1. The Morgan fingerprint density at radius 1 is 1.14 bits per heavy atom. The first-order valence-corrected chi connectivity index (χ1v) is 9.01. The summed E-state index contributed by atoms with van der Waals surface area (Å²) in [5.41, 5.74) is 0.761. The maximum atomic E-state index is 11.9. The molecule has 0 saturated carbocycles. The molecule has 2 aromatic carbocycles. The van der Waals surface area contributed by atoms with Crippen molar-refractivity contribution in [3.05, 3.63) is 70.3 Å². The molecule has 0 atom stereocenters. The lowest BCUT2D eigenvalue weighted by Gasteiger charge is -2.00. The van der Waals surface area contributed by atoms with Gasteiger partial charge in [0.05, 0.1) is 16.2 Å². The monoisotopic (exact) mass is 395 g/mol. The van der Waals surface area contributed by atoms with Crippen LogP contribution in [-0.2, 0) is 4.74 Å². The van der Waals surface area contributed by atoms with Gasteiger partial charge in [0.2, 0.25) is 5.89 Å². The van der Waals surface area contributed by atoms with Gasteiger partial charge in [0.1, 0.15) is 0 Å². The largest absolute Gasteiger partial charge is 0.449 e. The minimum Gasteiger partial charge on any atom is -0.449 e. The second-order valence-corrected chi connectivity index (χ2v) is 6.19. The summed E-state index contributed by atoms with van der Waals surface area (Å²) in [6.07, 6.45) is 0. The molecule has 3 rings (SSSR count). The summed E-state index contributed by atoms with van der Waals surface area (Å²) in [7, 11) is 0. The highest BCUT2D eigenvalue weighted by molar-refractivity contribution is 7.99. The van der Waals surface area contributed by atoms with Gasteiger partial charge < -0.3 is 9.15 Å². The van der Waals surface area contributed by atoms with Crippen LogP contribution in [0.2, 0.25) is 0 Å². The quantitative estimate of drug-likeness (QED) is 0.205. The summed E-state index contributed by atoms with van der Waals surface area (Å²) < 4.78 is 10.5. The van der Waals surface area contributed by atoms with Crippen LogP contribution >= 0.6 is 11.8 Å². The second kappa shape index (κ2) is 9.34. The van der Waals surface area contributed by atoms with Crippen molar-refractivity contribution in [1.82, 2.24) is 10.2 Å². The van der Waals surface area contributed by atoms with Gasteiger partial charge >= 0.3 is 5.97 Å². The minimum atomic E-state index is -0.671. The van der Waals surface area contributed by atoms with Crippen LogP contribution in [0, 0.1) is 22.0 Å². The van der Waals surface area contributed by atoms with E-state index in [0.717, 1.165) is 11.6 Å². The fraction of sp³-hybridized carbons (Fsp3) is 0.105. The van der Waals surface area contributed by atoms with Gasteiger partial charge in [-0.15, -0.1) is 10.2 Å². The predicted molar refractivity (Wildman–Crippen MR) is 102 cm³/mol. The topological polar surface area (TPSA) is 108 Å². The number of benzene rings is 2. The molecule has 0 saturated heterocycles. The molecule has 0 aliphatic rings. The lowest BCUT2D eigenvalue weighted by atomic mass is 10.2. The summed E-state index contributed by atoms with van der Waals surface area (Å²) in [4.78, 5) is 22.0. The average Bonchev–Trinajstić information content (AvgIpc) is 3.20. The van der Waals surface area contributed by atoms with Crippen molar-refractivity contribution in [3.63, 3.8) is 0 Å². The summed E-state index contributed by atoms with van der Waals surface area (Å²) in [6.45, 7) is -0.124. The summed E-state index contributed by atoms with van der Waals surface area (Å²) in [6, 6.07) is 14.7. The Kier molecular flexibility index (Phi) is 6.38. The molecular formula is C19H13N3O5S. The van der Waals surface area contributed by atoms with E-state index in [4.69, 9.17) is 9.15 Å². The van der Waals surface area contributed by atoms with Crippen molar-refractivity contribution >= 4 is 23.4 Å². The first-order chi connectivity index (χ1) is 13.6. The Morgan fingerprint density at radius 2 is 1.96 bits per heavy atom. The van der Waals surface area contributed by atoms with Crippen molar-refractivity contribution < 1.29 is 18.9 Å². The van der Waals surface area contributed by atoms with Crippen molar-refractivity contribution in [2.45, 2.75) is 5.22 Å². The molecule has 8 nitrogen and oxygen atoms in total. The number of hydrogen-bond acceptors (Lipinski definition) is 8. The minimum absolute atomic E-state index is 0.102. The summed E-state index contributed by atoms with van der Waals surface area (Å²) >= 11 is 1.27. The molecule has 1 aromatic heterocycles. The van der Waals surface area contributed by atoms with Crippen molar-refractivity contribution in [2.24, 2.45) is 0 Å². The van der Waals surface area contributed by atoms with Crippen LogP contribution in [0.25, 0.3) is 11.5 Å². The molecule has 0 N–H and O–H groups in total. The van der Waals surface area contributed by atoms with E-state index >= 15 is 0 Å². The van der Waals surface area contributed by atoms with Crippen molar-refractivity contribution in [1.29, 1.82) is 0 Å². The molecule has 140 valence electrons. The zero-order chi connectivity index (χ0) is 19.8. The molecule has 0 spiro atoms. The first kappa shape index (κ1) is 19.1. The van der Waals surface area contributed by atoms with Crippen LogP contribution in [0.4, 0.5) is 5.69 Å². The first-order valence-electron chi connectivity index (χ1n) is 8.02. The second-order valence-electron chi connectivity index (χ2n) is 5.26. The Hall–Kier alpha value is -3.64. The van der Waals surface area contributed by atoms with E-state index in [1.165, 1.54) is 30.0 Å². The van der Waals surface area contributed by atoms with Crippen molar-refractivity contribution in [3.8, 4) is 23.3 Å². The Bertz CT molecular complexity index is 1040. The number of aromatic nitrogens is 2. The third-order valence-electron chi connectivity index (χ3n) is 3.39. The van der Waals surface area contributed by atoms with Crippen LogP contribution in [0.5, 0.6) is 0 Å². The van der Waals surface area contributed by atoms with Gasteiger partial charge in [0.25, 0.3) is 10.9 Å². The number of ether oxygens (including phenoxy) is 1. The summed E-state index contributed by atoms with van der Waals surface area (Å²) in [5.74, 6) is 5.65. The number of nitrogens with zero attached hydrogens (tertiary/aromatic N) is 3. The number of thioether (sulfide) groups is 1. The van der Waals surface area contributed by atoms with Crippen LogP contribution < -0.4 is 0 Å². The van der Waals surface area contributed by atoms with Gasteiger partial charge in [0.15, 0.2) is 6.61 Å².